The minimum atomic E-state index is -0.995. The monoisotopic (exact) mass is 283 g/mol. The number of hydrogen-bond donors (Lipinski definition) is 3. The van der Waals surface area contributed by atoms with Crippen LogP contribution in [-0.4, -0.2) is 38.5 Å². The van der Waals surface area contributed by atoms with Crippen molar-refractivity contribution in [1.82, 2.24) is 20.3 Å². The van der Waals surface area contributed by atoms with Gasteiger partial charge in [-0.1, -0.05) is 19.1 Å². The smallest absolute Gasteiger partial charge is 0.325 e. The highest BCUT2D eigenvalue weighted by atomic mass is 16.4. The number of aliphatic carboxylic acids is 1. The number of nitrogens with two attached hydrogens (primary N) is 1. The summed E-state index contributed by atoms with van der Waals surface area (Å²) >= 11 is 0. The maximum Gasteiger partial charge on any atom is 0.325 e. The van der Waals surface area contributed by atoms with E-state index in [0.717, 1.165) is 6.42 Å². The Bertz CT molecular complexity index is 458. The average molecular weight is 283 g/mol. The second kappa shape index (κ2) is 7.59. The Morgan fingerprint density at radius 2 is 2.20 bits per heavy atom. The van der Waals surface area contributed by atoms with Crippen LogP contribution in [0.3, 0.4) is 0 Å². The number of carbonyl (C=O) groups excluding carboxylic acids is 1. The van der Waals surface area contributed by atoms with E-state index in [1.54, 1.807) is 0 Å². The highest BCUT2D eigenvalue weighted by Crippen LogP contribution is 2.10. The molecule has 0 radical (unpaired) electrons. The molecule has 0 bridgehead atoms. The first-order valence-corrected chi connectivity index (χ1v) is 6.51. The van der Waals surface area contributed by atoms with Crippen LogP contribution in [0.1, 0.15) is 26.0 Å². The molecule has 8 heteroatoms. The molecule has 8 nitrogen and oxygen atoms in total. The fraction of sp³-hybridized carbons (Fsp3) is 0.667. The third-order valence-corrected chi connectivity index (χ3v) is 2.74. The lowest BCUT2D eigenvalue weighted by molar-refractivity contribution is -0.138. The van der Waals surface area contributed by atoms with Gasteiger partial charge in [-0.05, 0) is 12.3 Å². The molecule has 0 fully saturated rings. The van der Waals surface area contributed by atoms with Crippen LogP contribution < -0.4 is 11.1 Å². The number of amides is 1. The Balaban J connectivity index is 2.47. The Labute approximate surface area is 117 Å². The van der Waals surface area contributed by atoms with Crippen LogP contribution in [0.15, 0.2) is 6.20 Å². The van der Waals surface area contributed by atoms with Gasteiger partial charge in [0.15, 0.2) is 0 Å². The largest absolute Gasteiger partial charge is 0.480 e. The minimum Gasteiger partial charge on any atom is -0.480 e. The molecule has 1 aromatic rings. The second-order valence-electron chi connectivity index (χ2n) is 5.08. The first-order valence-electron chi connectivity index (χ1n) is 6.51. The molecular weight excluding hydrogens is 262 g/mol. The molecule has 0 aromatic carbocycles. The average Bonchev–Trinajstić information content (AvgIpc) is 2.79. The summed E-state index contributed by atoms with van der Waals surface area (Å²) in [6.45, 7) is 4.34. The van der Waals surface area contributed by atoms with E-state index in [1.165, 1.54) is 10.9 Å². The third-order valence-electron chi connectivity index (χ3n) is 2.74. The fourth-order valence-electron chi connectivity index (χ4n) is 1.84. The number of hydrogen-bond acceptors (Lipinski definition) is 5. The fourth-order valence-corrected chi connectivity index (χ4v) is 1.84. The number of carboxylic acids is 1. The van der Waals surface area contributed by atoms with E-state index in [-0.39, 0.29) is 24.9 Å². The van der Waals surface area contributed by atoms with Crippen molar-refractivity contribution in [1.29, 1.82) is 0 Å². The topological polar surface area (TPSA) is 123 Å². The third kappa shape index (κ3) is 5.35. The molecule has 4 N–H and O–H groups in total. The summed E-state index contributed by atoms with van der Waals surface area (Å²) in [6, 6.07) is 0. The standard InChI is InChI=1S/C12H21N5O3/c1-8(2)3-9(4-13)12(20)14-5-10-6-17(16-15-10)7-11(18)19/h6,8-9H,3-5,7,13H2,1-2H3,(H,14,20)(H,18,19). The molecule has 20 heavy (non-hydrogen) atoms. The predicted molar refractivity (Wildman–Crippen MR) is 71.5 cm³/mol. The molecule has 0 saturated heterocycles. The number of nitrogens with one attached hydrogen (secondary N) is 1. The van der Waals surface area contributed by atoms with Crippen LogP contribution in [0.4, 0.5) is 0 Å². The van der Waals surface area contributed by atoms with E-state index in [2.05, 4.69) is 15.6 Å². The molecule has 0 aliphatic heterocycles. The van der Waals surface area contributed by atoms with Crippen LogP contribution in [0, 0.1) is 11.8 Å². The molecule has 1 heterocycles. The molecule has 0 aliphatic rings. The summed E-state index contributed by atoms with van der Waals surface area (Å²) in [5.41, 5.74) is 6.11. The van der Waals surface area contributed by atoms with E-state index in [1.807, 2.05) is 13.8 Å². The van der Waals surface area contributed by atoms with Crippen molar-refractivity contribution >= 4 is 11.9 Å². The summed E-state index contributed by atoms with van der Waals surface area (Å²) in [5, 5.41) is 18.8. The quantitative estimate of drug-likeness (QED) is 0.596. The Morgan fingerprint density at radius 1 is 1.50 bits per heavy atom. The number of carbonyl (C=O) groups is 2. The highest BCUT2D eigenvalue weighted by Gasteiger charge is 2.18. The van der Waals surface area contributed by atoms with Crippen molar-refractivity contribution in [3.05, 3.63) is 11.9 Å². The molecule has 1 amide bonds. The maximum absolute atomic E-state index is 11.9. The van der Waals surface area contributed by atoms with E-state index in [9.17, 15) is 9.59 Å². The Morgan fingerprint density at radius 3 is 2.75 bits per heavy atom. The second-order valence-corrected chi connectivity index (χ2v) is 5.08. The van der Waals surface area contributed by atoms with Crippen LogP contribution in [0.5, 0.6) is 0 Å². The van der Waals surface area contributed by atoms with Gasteiger partial charge >= 0.3 is 5.97 Å². The number of carboxylic acid groups (broad SMARTS) is 1. The van der Waals surface area contributed by atoms with E-state index in [0.29, 0.717) is 18.2 Å². The summed E-state index contributed by atoms with van der Waals surface area (Å²) in [7, 11) is 0. The summed E-state index contributed by atoms with van der Waals surface area (Å²) in [6.07, 6.45) is 2.22. The van der Waals surface area contributed by atoms with E-state index >= 15 is 0 Å². The SMILES string of the molecule is CC(C)CC(CN)C(=O)NCc1cn(CC(=O)O)nn1. The van der Waals surface area contributed by atoms with Crippen molar-refractivity contribution in [3.8, 4) is 0 Å². The number of rotatable bonds is 8. The van der Waals surface area contributed by atoms with Gasteiger partial charge in [-0.2, -0.15) is 0 Å². The lowest BCUT2D eigenvalue weighted by Gasteiger charge is -2.16. The van der Waals surface area contributed by atoms with Crippen LogP contribution in [0.25, 0.3) is 0 Å². The number of nitrogens with zero attached hydrogens (tertiary/aromatic N) is 3. The number of aromatic nitrogens is 3. The van der Waals surface area contributed by atoms with Crippen molar-refractivity contribution in [2.75, 3.05) is 6.54 Å². The maximum atomic E-state index is 11.9. The summed E-state index contributed by atoms with van der Waals surface area (Å²) in [5.74, 6) is -0.936. The Hall–Kier alpha value is -1.96. The lowest BCUT2D eigenvalue weighted by Crippen LogP contribution is -2.35. The van der Waals surface area contributed by atoms with Crippen LogP contribution in [0.2, 0.25) is 0 Å². The first-order chi connectivity index (χ1) is 9.42. The molecular formula is C12H21N5O3. The Kier molecular flexibility index (Phi) is 6.10. The normalized spacial score (nSPS) is 12.4. The van der Waals surface area contributed by atoms with Gasteiger partial charge in [0.05, 0.1) is 18.7 Å². The molecule has 0 aliphatic carbocycles. The zero-order valence-corrected chi connectivity index (χ0v) is 11.7. The van der Waals surface area contributed by atoms with Crippen molar-refractivity contribution in [2.45, 2.75) is 33.4 Å². The molecule has 0 spiro atoms. The zero-order chi connectivity index (χ0) is 15.1. The van der Waals surface area contributed by atoms with Gasteiger partial charge in [0.25, 0.3) is 0 Å². The van der Waals surface area contributed by atoms with E-state index in [4.69, 9.17) is 10.8 Å². The molecule has 1 aromatic heterocycles. The zero-order valence-electron chi connectivity index (χ0n) is 11.7. The van der Waals surface area contributed by atoms with Gasteiger partial charge in [-0.3, -0.25) is 9.59 Å². The molecule has 112 valence electrons. The highest BCUT2D eigenvalue weighted by molar-refractivity contribution is 5.78. The summed E-state index contributed by atoms with van der Waals surface area (Å²) < 4.78 is 1.21. The van der Waals surface area contributed by atoms with Gasteiger partial charge < -0.3 is 16.2 Å². The van der Waals surface area contributed by atoms with Crippen LogP contribution >= 0.6 is 0 Å². The first kappa shape index (κ1) is 16.1. The lowest BCUT2D eigenvalue weighted by atomic mass is 9.96. The molecule has 1 rings (SSSR count). The van der Waals surface area contributed by atoms with E-state index < -0.39 is 5.97 Å². The molecule has 1 atom stereocenters. The van der Waals surface area contributed by atoms with Gasteiger partial charge in [0.2, 0.25) is 5.91 Å². The van der Waals surface area contributed by atoms with Crippen molar-refractivity contribution in [2.24, 2.45) is 17.6 Å². The van der Waals surface area contributed by atoms with Gasteiger partial charge in [0.1, 0.15) is 12.2 Å². The molecule has 0 saturated carbocycles. The summed E-state index contributed by atoms with van der Waals surface area (Å²) in [4.78, 5) is 22.4. The predicted octanol–water partition coefficient (Wildman–Crippen LogP) is -0.400. The van der Waals surface area contributed by atoms with Gasteiger partial charge in [0, 0.05) is 6.54 Å². The minimum absolute atomic E-state index is 0.117. The van der Waals surface area contributed by atoms with Crippen LogP contribution in [-0.2, 0) is 22.7 Å². The molecule has 1 unspecified atom stereocenters. The van der Waals surface area contributed by atoms with Crippen molar-refractivity contribution < 1.29 is 14.7 Å². The van der Waals surface area contributed by atoms with Gasteiger partial charge in [-0.15, -0.1) is 5.10 Å². The van der Waals surface area contributed by atoms with Gasteiger partial charge in [-0.25, -0.2) is 4.68 Å². The van der Waals surface area contributed by atoms with Crippen molar-refractivity contribution in [3.63, 3.8) is 0 Å².